The van der Waals surface area contributed by atoms with Gasteiger partial charge >= 0.3 is 0 Å². The molecule has 0 N–H and O–H groups in total. The number of rotatable bonds is 4. The van der Waals surface area contributed by atoms with E-state index in [1.165, 1.54) is 0 Å². The zero-order valence-electron chi connectivity index (χ0n) is 9.57. The standard InChI is InChI=1S/C11H17ClN2O/c1-7(2)11(8(3)12)9-5-13-6-10(14-9)15-4/h5-8,11H,1-4H3. The van der Waals surface area contributed by atoms with Crippen molar-refractivity contribution in [3.05, 3.63) is 18.1 Å². The number of aromatic nitrogens is 2. The largest absolute Gasteiger partial charge is 0.480 e. The van der Waals surface area contributed by atoms with E-state index in [0.29, 0.717) is 11.8 Å². The summed E-state index contributed by atoms with van der Waals surface area (Å²) in [5, 5.41) is 0.0337. The fourth-order valence-corrected chi connectivity index (χ4v) is 2.15. The molecule has 0 fully saturated rings. The summed E-state index contributed by atoms with van der Waals surface area (Å²) in [5.74, 6) is 1.17. The van der Waals surface area contributed by atoms with E-state index in [1.54, 1.807) is 19.5 Å². The Labute approximate surface area is 95.8 Å². The highest BCUT2D eigenvalue weighted by atomic mass is 35.5. The third kappa shape index (κ3) is 3.06. The van der Waals surface area contributed by atoms with Crippen LogP contribution in [0, 0.1) is 5.92 Å². The lowest BCUT2D eigenvalue weighted by molar-refractivity contribution is 0.387. The van der Waals surface area contributed by atoms with E-state index in [1.807, 2.05) is 6.92 Å². The predicted octanol–water partition coefficient (Wildman–Crippen LogP) is 2.85. The summed E-state index contributed by atoms with van der Waals surface area (Å²) in [5.41, 5.74) is 0.895. The van der Waals surface area contributed by atoms with Gasteiger partial charge in [0.1, 0.15) is 0 Å². The predicted molar refractivity (Wildman–Crippen MR) is 61.5 cm³/mol. The Morgan fingerprint density at radius 3 is 2.40 bits per heavy atom. The molecule has 0 aliphatic carbocycles. The first-order valence-electron chi connectivity index (χ1n) is 5.06. The quantitative estimate of drug-likeness (QED) is 0.744. The average Bonchev–Trinajstić information content (AvgIpc) is 2.17. The van der Waals surface area contributed by atoms with Gasteiger partial charge in [0.25, 0.3) is 0 Å². The minimum Gasteiger partial charge on any atom is -0.480 e. The van der Waals surface area contributed by atoms with E-state index < -0.39 is 0 Å². The number of methoxy groups -OCH3 is 1. The van der Waals surface area contributed by atoms with Crippen molar-refractivity contribution in [2.45, 2.75) is 32.1 Å². The molecular formula is C11H17ClN2O. The second kappa shape index (κ2) is 5.31. The van der Waals surface area contributed by atoms with Crippen LogP contribution in [-0.2, 0) is 0 Å². The van der Waals surface area contributed by atoms with Gasteiger partial charge in [-0.1, -0.05) is 13.8 Å². The summed E-state index contributed by atoms with van der Waals surface area (Å²) in [6.07, 6.45) is 3.35. The van der Waals surface area contributed by atoms with Crippen molar-refractivity contribution in [2.24, 2.45) is 5.92 Å². The summed E-state index contributed by atoms with van der Waals surface area (Å²) in [7, 11) is 1.59. The Bertz CT molecular complexity index is 307. The number of hydrogen-bond donors (Lipinski definition) is 0. The molecule has 0 spiro atoms. The number of nitrogens with zero attached hydrogens (tertiary/aromatic N) is 2. The van der Waals surface area contributed by atoms with Gasteiger partial charge in [-0.3, -0.25) is 4.98 Å². The fraction of sp³-hybridized carbons (Fsp3) is 0.636. The smallest absolute Gasteiger partial charge is 0.232 e. The molecule has 1 rings (SSSR count). The molecule has 84 valence electrons. The Balaban J connectivity index is 3.00. The first kappa shape index (κ1) is 12.2. The maximum Gasteiger partial charge on any atom is 0.232 e. The van der Waals surface area contributed by atoms with Crippen LogP contribution < -0.4 is 4.74 Å². The zero-order chi connectivity index (χ0) is 11.4. The van der Waals surface area contributed by atoms with Crippen molar-refractivity contribution in [1.29, 1.82) is 0 Å². The molecule has 0 aliphatic rings. The Hall–Kier alpha value is -0.830. The Kier molecular flexibility index (Phi) is 4.33. The van der Waals surface area contributed by atoms with E-state index >= 15 is 0 Å². The van der Waals surface area contributed by atoms with Crippen LogP contribution in [0.5, 0.6) is 5.88 Å². The van der Waals surface area contributed by atoms with Crippen molar-refractivity contribution < 1.29 is 4.74 Å². The van der Waals surface area contributed by atoms with Gasteiger partial charge in [-0.15, -0.1) is 11.6 Å². The molecule has 2 atom stereocenters. The van der Waals surface area contributed by atoms with E-state index in [0.717, 1.165) is 5.69 Å². The minimum atomic E-state index is 0.0337. The van der Waals surface area contributed by atoms with Crippen molar-refractivity contribution in [3.63, 3.8) is 0 Å². The Morgan fingerprint density at radius 2 is 1.93 bits per heavy atom. The molecule has 4 heteroatoms. The molecule has 0 bridgehead atoms. The topological polar surface area (TPSA) is 35.0 Å². The van der Waals surface area contributed by atoms with Crippen molar-refractivity contribution in [2.75, 3.05) is 7.11 Å². The van der Waals surface area contributed by atoms with Crippen molar-refractivity contribution >= 4 is 11.6 Å². The number of ether oxygens (including phenoxy) is 1. The molecule has 0 radical (unpaired) electrons. The van der Waals surface area contributed by atoms with Crippen LogP contribution >= 0.6 is 11.6 Å². The molecule has 0 saturated carbocycles. The maximum absolute atomic E-state index is 6.16. The highest BCUT2D eigenvalue weighted by Crippen LogP contribution is 2.29. The lowest BCUT2D eigenvalue weighted by atomic mass is 9.90. The summed E-state index contributed by atoms with van der Waals surface area (Å²) in [6.45, 7) is 6.24. The summed E-state index contributed by atoms with van der Waals surface area (Å²) in [6, 6.07) is 0. The average molecular weight is 229 g/mol. The maximum atomic E-state index is 6.16. The molecular weight excluding hydrogens is 212 g/mol. The second-order valence-electron chi connectivity index (χ2n) is 3.93. The zero-order valence-corrected chi connectivity index (χ0v) is 10.3. The molecule has 2 unspecified atom stereocenters. The van der Waals surface area contributed by atoms with Gasteiger partial charge in [-0.25, -0.2) is 4.98 Å². The fourth-order valence-electron chi connectivity index (χ4n) is 1.73. The van der Waals surface area contributed by atoms with Gasteiger partial charge in [0.05, 0.1) is 19.0 Å². The summed E-state index contributed by atoms with van der Waals surface area (Å²) >= 11 is 6.16. The number of hydrogen-bond acceptors (Lipinski definition) is 3. The molecule has 1 heterocycles. The van der Waals surface area contributed by atoms with Gasteiger partial charge in [0, 0.05) is 17.5 Å². The molecule has 1 aromatic heterocycles. The number of halogens is 1. The van der Waals surface area contributed by atoms with E-state index in [-0.39, 0.29) is 11.3 Å². The highest BCUT2D eigenvalue weighted by Gasteiger charge is 2.23. The molecule has 0 aromatic carbocycles. The molecule has 0 aliphatic heterocycles. The van der Waals surface area contributed by atoms with Crippen LogP contribution in [-0.4, -0.2) is 22.5 Å². The van der Waals surface area contributed by atoms with Crippen molar-refractivity contribution in [1.82, 2.24) is 9.97 Å². The monoisotopic (exact) mass is 228 g/mol. The highest BCUT2D eigenvalue weighted by molar-refractivity contribution is 6.20. The molecule has 1 aromatic rings. The van der Waals surface area contributed by atoms with Crippen molar-refractivity contribution in [3.8, 4) is 5.88 Å². The number of alkyl halides is 1. The van der Waals surface area contributed by atoms with Gasteiger partial charge in [0.2, 0.25) is 5.88 Å². The van der Waals surface area contributed by atoms with Gasteiger partial charge in [0.15, 0.2) is 0 Å². The lowest BCUT2D eigenvalue weighted by Gasteiger charge is -2.22. The van der Waals surface area contributed by atoms with Crippen LogP contribution in [0.2, 0.25) is 0 Å². The van der Waals surface area contributed by atoms with Crippen LogP contribution in [0.25, 0.3) is 0 Å². The second-order valence-corrected chi connectivity index (χ2v) is 4.62. The summed E-state index contributed by atoms with van der Waals surface area (Å²) in [4.78, 5) is 8.46. The molecule has 0 amide bonds. The third-order valence-corrected chi connectivity index (χ3v) is 2.67. The molecule has 0 saturated heterocycles. The first-order valence-corrected chi connectivity index (χ1v) is 5.50. The van der Waals surface area contributed by atoms with E-state index in [2.05, 4.69) is 23.8 Å². The lowest BCUT2D eigenvalue weighted by Crippen LogP contribution is -2.17. The molecule has 3 nitrogen and oxygen atoms in total. The van der Waals surface area contributed by atoms with Crippen LogP contribution in [0.15, 0.2) is 12.4 Å². The Morgan fingerprint density at radius 1 is 1.27 bits per heavy atom. The van der Waals surface area contributed by atoms with Crippen LogP contribution in [0.1, 0.15) is 32.4 Å². The van der Waals surface area contributed by atoms with Gasteiger partial charge in [-0.2, -0.15) is 0 Å². The van der Waals surface area contributed by atoms with Crippen LogP contribution in [0.3, 0.4) is 0 Å². The molecule has 15 heavy (non-hydrogen) atoms. The van der Waals surface area contributed by atoms with Gasteiger partial charge in [-0.05, 0) is 12.8 Å². The SMILES string of the molecule is COc1cncc(C(C(C)C)C(C)Cl)n1. The van der Waals surface area contributed by atoms with Gasteiger partial charge < -0.3 is 4.74 Å². The minimum absolute atomic E-state index is 0.0337. The third-order valence-electron chi connectivity index (χ3n) is 2.39. The summed E-state index contributed by atoms with van der Waals surface area (Å²) < 4.78 is 5.05. The van der Waals surface area contributed by atoms with E-state index in [9.17, 15) is 0 Å². The van der Waals surface area contributed by atoms with Crippen LogP contribution in [0.4, 0.5) is 0 Å². The normalized spacial score (nSPS) is 15.1. The van der Waals surface area contributed by atoms with E-state index in [4.69, 9.17) is 16.3 Å². The first-order chi connectivity index (χ1) is 7.06.